The standard InChI is InChI=1S/C27H40FNO.C11H10F2O.C2H6/c1-11-22-17(4)12-19(6)26(22)29-25-14-24(28)23(13-18(25)5)21(8)20(7)15-30-27(9,10)16(2)3;1-7-9(8-5-6-8)3-2-4-10(7)14-11(12)13;1-2/h13-14,17,19,22H,2,11-12,15H2,1,3-10H3;2-5,11H,6H2,1H3;1-2H3/b21-20+,29-26?;;. The second-order valence-corrected chi connectivity index (χ2v) is 13.0. The molecule has 3 nitrogen and oxygen atoms in total. The Balaban J connectivity index is 0.000000381. The van der Waals surface area contributed by atoms with Crippen LogP contribution in [0.25, 0.3) is 11.1 Å². The van der Waals surface area contributed by atoms with Crippen LogP contribution in [0.4, 0.5) is 18.9 Å². The lowest BCUT2D eigenvalue weighted by molar-refractivity contribution is -0.0503. The van der Waals surface area contributed by atoms with E-state index >= 15 is 4.39 Å². The number of hydrogen-bond acceptors (Lipinski definition) is 3. The molecule has 6 heteroatoms. The van der Waals surface area contributed by atoms with Gasteiger partial charge in [0.25, 0.3) is 0 Å². The zero-order chi connectivity index (χ0) is 34.9. The molecule has 0 bridgehead atoms. The lowest BCUT2D eigenvalue weighted by Gasteiger charge is -2.26. The van der Waals surface area contributed by atoms with Crippen LogP contribution in [0.2, 0.25) is 0 Å². The Morgan fingerprint density at radius 2 is 1.72 bits per heavy atom. The van der Waals surface area contributed by atoms with Gasteiger partial charge in [0, 0.05) is 17.3 Å². The number of hydrogen-bond donors (Lipinski definition) is 0. The SMILES string of the molecule is C=C(C)C(C)(C)OC/C(C)=C(\C)c1cc(C)c(N=C2C(C)CC(C)C2CC)cc1F.CC.Cc1c(OC(F)F)cccc1C1=CC1. The number of benzene rings is 2. The van der Waals surface area contributed by atoms with Gasteiger partial charge in [-0.3, -0.25) is 4.99 Å². The highest BCUT2D eigenvalue weighted by molar-refractivity contribution is 5.93. The molecule has 0 radical (unpaired) electrons. The van der Waals surface area contributed by atoms with Crippen molar-refractivity contribution < 1.29 is 22.6 Å². The highest BCUT2D eigenvalue weighted by Crippen LogP contribution is 2.39. The Kier molecular flexibility index (Phi) is 14.6. The molecule has 2 aromatic rings. The molecule has 2 aliphatic carbocycles. The lowest BCUT2D eigenvalue weighted by Crippen LogP contribution is -2.26. The summed E-state index contributed by atoms with van der Waals surface area (Å²) in [5.74, 6) is 1.65. The second-order valence-electron chi connectivity index (χ2n) is 13.0. The Bertz CT molecular complexity index is 1450. The van der Waals surface area contributed by atoms with E-state index in [1.54, 1.807) is 25.1 Å². The fourth-order valence-corrected chi connectivity index (χ4v) is 5.73. The molecule has 0 N–H and O–H groups in total. The number of allylic oxidation sites excluding steroid dienone is 3. The van der Waals surface area contributed by atoms with Crippen molar-refractivity contribution in [1.82, 2.24) is 0 Å². The van der Waals surface area contributed by atoms with Gasteiger partial charge in [0.2, 0.25) is 0 Å². The predicted octanol–water partition coefficient (Wildman–Crippen LogP) is 12.5. The van der Waals surface area contributed by atoms with E-state index in [9.17, 15) is 8.78 Å². The Hall–Kier alpha value is -3.12. The normalized spacial score (nSPS) is 20.3. The van der Waals surface area contributed by atoms with Gasteiger partial charge in [-0.25, -0.2) is 4.39 Å². The van der Waals surface area contributed by atoms with E-state index in [0.717, 1.165) is 51.9 Å². The van der Waals surface area contributed by atoms with Gasteiger partial charge in [0.15, 0.2) is 0 Å². The van der Waals surface area contributed by atoms with Gasteiger partial charge in [-0.05, 0) is 137 Å². The van der Waals surface area contributed by atoms with Gasteiger partial charge in [-0.2, -0.15) is 8.78 Å². The van der Waals surface area contributed by atoms with Gasteiger partial charge in [0.1, 0.15) is 11.6 Å². The first-order chi connectivity index (χ1) is 21.6. The lowest BCUT2D eigenvalue weighted by atomic mass is 9.94. The summed E-state index contributed by atoms with van der Waals surface area (Å²) in [6, 6.07) is 8.76. The summed E-state index contributed by atoms with van der Waals surface area (Å²) in [7, 11) is 0. The van der Waals surface area contributed by atoms with Crippen LogP contribution >= 0.6 is 0 Å². The summed E-state index contributed by atoms with van der Waals surface area (Å²) in [6.07, 6.45) is 5.28. The van der Waals surface area contributed by atoms with Crippen molar-refractivity contribution in [3.63, 3.8) is 0 Å². The molecule has 1 saturated carbocycles. The molecule has 3 unspecified atom stereocenters. The van der Waals surface area contributed by atoms with Gasteiger partial charge in [0.05, 0.1) is 17.9 Å². The molecule has 254 valence electrons. The number of alkyl halides is 2. The Morgan fingerprint density at radius 1 is 1.09 bits per heavy atom. The summed E-state index contributed by atoms with van der Waals surface area (Å²) in [5.41, 5.74) is 9.16. The van der Waals surface area contributed by atoms with Crippen LogP contribution in [0.15, 0.2) is 59.1 Å². The minimum Gasteiger partial charge on any atom is -0.435 e. The molecule has 1 fully saturated rings. The first-order valence-electron chi connectivity index (χ1n) is 16.7. The van der Waals surface area contributed by atoms with Gasteiger partial charge < -0.3 is 9.47 Å². The maximum atomic E-state index is 15.1. The Morgan fingerprint density at radius 3 is 2.26 bits per heavy atom. The highest BCUT2D eigenvalue weighted by atomic mass is 19.3. The third-order valence-electron chi connectivity index (χ3n) is 9.25. The summed E-state index contributed by atoms with van der Waals surface area (Å²) >= 11 is 0. The molecular formula is C40H56F3NO2. The summed E-state index contributed by atoms with van der Waals surface area (Å²) in [5, 5.41) is 0. The van der Waals surface area contributed by atoms with E-state index in [4.69, 9.17) is 9.73 Å². The fraction of sp³-hybridized carbons (Fsp3) is 0.525. The molecule has 2 aromatic carbocycles. The topological polar surface area (TPSA) is 30.8 Å². The predicted molar refractivity (Wildman–Crippen MR) is 190 cm³/mol. The molecule has 0 amide bonds. The minimum absolute atomic E-state index is 0.220. The zero-order valence-corrected chi connectivity index (χ0v) is 30.2. The smallest absolute Gasteiger partial charge is 0.387 e. The summed E-state index contributed by atoms with van der Waals surface area (Å²) in [6.45, 7) is 26.2. The number of aliphatic imine (C=N–C) groups is 1. The van der Waals surface area contributed by atoms with Crippen molar-refractivity contribution in [2.75, 3.05) is 6.61 Å². The van der Waals surface area contributed by atoms with Crippen LogP contribution in [-0.2, 0) is 4.74 Å². The van der Waals surface area contributed by atoms with E-state index in [-0.39, 0.29) is 11.6 Å². The average molecular weight is 640 g/mol. The number of ether oxygens (including phenoxy) is 2. The van der Waals surface area contributed by atoms with E-state index in [1.165, 1.54) is 17.7 Å². The molecule has 0 saturated heterocycles. The molecule has 0 heterocycles. The first-order valence-corrected chi connectivity index (χ1v) is 16.7. The second kappa shape index (κ2) is 17.2. The van der Waals surface area contributed by atoms with Crippen molar-refractivity contribution in [1.29, 1.82) is 0 Å². The largest absolute Gasteiger partial charge is 0.435 e. The third kappa shape index (κ3) is 10.2. The van der Waals surface area contributed by atoms with Crippen molar-refractivity contribution in [3.05, 3.63) is 82.2 Å². The molecule has 3 atom stereocenters. The fourth-order valence-electron chi connectivity index (χ4n) is 5.73. The van der Waals surface area contributed by atoms with Crippen LogP contribution < -0.4 is 4.74 Å². The molecule has 0 aliphatic heterocycles. The maximum Gasteiger partial charge on any atom is 0.387 e. The van der Waals surface area contributed by atoms with Gasteiger partial charge in [-0.15, -0.1) is 0 Å². The van der Waals surface area contributed by atoms with Crippen molar-refractivity contribution in [2.45, 2.75) is 115 Å². The van der Waals surface area contributed by atoms with Crippen molar-refractivity contribution in [2.24, 2.45) is 22.7 Å². The number of aryl methyl sites for hydroxylation is 1. The molecule has 0 spiro atoms. The number of rotatable bonds is 10. The summed E-state index contributed by atoms with van der Waals surface area (Å²) < 4.78 is 49.6. The molecular weight excluding hydrogens is 583 g/mol. The van der Waals surface area contributed by atoms with Crippen LogP contribution in [-0.4, -0.2) is 24.5 Å². The average Bonchev–Trinajstić information content (AvgIpc) is 3.80. The van der Waals surface area contributed by atoms with Crippen molar-refractivity contribution in [3.8, 4) is 5.75 Å². The number of nitrogens with zero attached hydrogens (tertiary/aromatic N) is 1. The number of halogens is 3. The quantitative estimate of drug-likeness (QED) is 0.242. The Labute approximate surface area is 276 Å². The van der Waals surface area contributed by atoms with Crippen LogP contribution in [0.5, 0.6) is 5.75 Å². The minimum atomic E-state index is -2.75. The zero-order valence-electron chi connectivity index (χ0n) is 30.2. The van der Waals surface area contributed by atoms with Crippen LogP contribution in [0, 0.1) is 37.4 Å². The van der Waals surface area contributed by atoms with Crippen LogP contribution in [0.3, 0.4) is 0 Å². The molecule has 0 aromatic heterocycles. The van der Waals surface area contributed by atoms with E-state index in [1.807, 2.05) is 67.5 Å². The summed E-state index contributed by atoms with van der Waals surface area (Å²) in [4.78, 5) is 4.96. The first kappa shape index (κ1) is 39.1. The van der Waals surface area contributed by atoms with E-state index in [0.29, 0.717) is 29.9 Å². The molecule has 46 heavy (non-hydrogen) atoms. The maximum absolute atomic E-state index is 15.1. The van der Waals surface area contributed by atoms with E-state index in [2.05, 4.69) is 38.2 Å². The third-order valence-corrected chi connectivity index (χ3v) is 9.25. The van der Waals surface area contributed by atoms with E-state index < -0.39 is 12.2 Å². The molecule has 4 rings (SSSR count). The van der Waals surface area contributed by atoms with Gasteiger partial charge >= 0.3 is 6.61 Å². The van der Waals surface area contributed by atoms with Crippen LogP contribution in [0.1, 0.15) is 111 Å². The monoisotopic (exact) mass is 639 g/mol. The molecule has 2 aliphatic rings. The highest BCUT2D eigenvalue weighted by Gasteiger charge is 2.34. The van der Waals surface area contributed by atoms with Gasteiger partial charge in [-0.1, -0.05) is 59.4 Å². The van der Waals surface area contributed by atoms with Crippen molar-refractivity contribution >= 4 is 22.5 Å².